The standard InChI is InChI=1S/C14H22N2O2/c1-2-18-13-7-5-9-15-14(13)16-10-4-3-6-12(16)8-11-17/h5,7,9,12,17H,2-4,6,8,10-11H2,1H3. The van der Waals surface area contributed by atoms with E-state index in [0.717, 1.165) is 31.0 Å². The number of ether oxygens (including phenoxy) is 1. The Morgan fingerprint density at radius 1 is 1.50 bits per heavy atom. The minimum absolute atomic E-state index is 0.234. The van der Waals surface area contributed by atoms with Gasteiger partial charge in [-0.25, -0.2) is 4.98 Å². The van der Waals surface area contributed by atoms with E-state index in [-0.39, 0.29) is 6.61 Å². The fourth-order valence-electron chi connectivity index (χ4n) is 2.59. The van der Waals surface area contributed by atoms with Crippen LogP contribution in [-0.2, 0) is 0 Å². The van der Waals surface area contributed by atoms with Crippen LogP contribution in [0.4, 0.5) is 5.82 Å². The number of pyridine rings is 1. The highest BCUT2D eigenvalue weighted by molar-refractivity contribution is 5.53. The summed E-state index contributed by atoms with van der Waals surface area (Å²) in [5.74, 6) is 1.78. The van der Waals surface area contributed by atoms with E-state index in [2.05, 4.69) is 9.88 Å². The van der Waals surface area contributed by atoms with Crippen LogP contribution in [0, 0.1) is 0 Å². The molecule has 1 aromatic heterocycles. The lowest BCUT2D eigenvalue weighted by Crippen LogP contribution is -2.40. The SMILES string of the molecule is CCOc1cccnc1N1CCCCC1CCO. The van der Waals surface area contributed by atoms with E-state index in [1.807, 2.05) is 25.3 Å². The van der Waals surface area contributed by atoms with Crippen molar-refractivity contribution in [2.75, 3.05) is 24.7 Å². The Morgan fingerprint density at radius 3 is 3.17 bits per heavy atom. The van der Waals surface area contributed by atoms with Gasteiger partial charge in [-0.3, -0.25) is 0 Å². The summed E-state index contributed by atoms with van der Waals surface area (Å²) in [5.41, 5.74) is 0. The summed E-state index contributed by atoms with van der Waals surface area (Å²) in [5, 5.41) is 9.18. The van der Waals surface area contributed by atoms with Crippen molar-refractivity contribution in [3.63, 3.8) is 0 Å². The minimum atomic E-state index is 0.234. The van der Waals surface area contributed by atoms with E-state index in [1.165, 1.54) is 12.8 Å². The van der Waals surface area contributed by atoms with Crippen molar-refractivity contribution in [3.8, 4) is 5.75 Å². The van der Waals surface area contributed by atoms with E-state index in [0.29, 0.717) is 12.6 Å². The van der Waals surface area contributed by atoms with Gasteiger partial charge in [0.15, 0.2) is 11.6 Å². The highest BCUT2D eigenvalue weighted by atomic mass is 16.5. The third-order valence-electron chi connectivity index (χ3n) is 3.41. The van der Waals surface area contributed by atoms with Gasteiger partial charge in [0.1, 0.15) is 0 Å². The fourth-order valence-corrected chi connectivity index (χ4v) is 2.59. The van der Waals surface area contributed by atoms with Crippen LogP contribution in [0.5, 0.6) is 5.75 Å². The first-order valence-corrected chi connectivity index (χ1v) is 6.82. The van der Waals surface area contributed by atoms with Gasteiger partial charge < -0.3 is 14.7 Å². The summed E-state index contributed by atoms with van der Waals surface area (Å²) < 4.78 is 5.65. The molecule has 1 N–H and O–H groups in total. The number of aromatic nitrogens is 1. The highest BCUT2D eigenvalue weighted by Crippen LogP contribution is 2.31. The molecule has 1 aliphatic rings. The summed E-state index contributed by atoms with van der Waals surface area (Å²) in [4.78, 5) is 6.77. The number of hydrogen-bond acceptors (Lipinski definition) is 4. The van der Waals surface area contributed by atoms with Gasteiger partial charge in [0.2, 0.25) is 0 Å². The van der Waals surface area contributed by atoms with Crippen molar-refractivity contribution in [1.82, 2.24) is 4.98 Å². The molecule has 1 unspecified atom stereocenters. The van der Waals surface area contributed by atoms with Gasteiger partial charge in [-0.1, -0.05) is 0 Å². The zero-order valence-electron chi connectivity index (χ0n) is 11.0. The smallest absolute Gasteiger partial charge is 0.171 e. The maximum atomic E-state index is 9.18. The third-order valence-corrected chi connectivity index (χ3v) is 3.41. The largest absolute Gasteiger partial charge is 0.490 e. The molecule has 4 heteroatoms. The van der Waals surface area contributed by atoms with Crippen molar-refractivity contribution in [2.24, 2.45) is 0 Å². The Balaban J connectivity index is 2.21. The maximum Gasteiger partial charge on any atom is 0.171 e. The molecular formula is C14H22N2O2. The monoisotopic (exact) mass is 250 g/mol. The molecule has 0 saturated carbocycles. The molecule has 2 rings (SSSR count). The van der Waals surface area contributed by atoms with Crippen molar-refractivity contribution >= 4 is 5.82 Å². The zero-order valence-corrected chi connectivity index (χ0v) is 11.0. The predicted molar refractivity (Wildman–Crippen MR) is 72.1 cm³/mol. The average Bonchev–Trinajstić information content (AvgIpc) is 2.41. The van der Waals surface area contributed by atoms with E-state index < -0.39 is 0 Å². The molecule has 1 saturated heterocycles. The van der Waals surface area contributed by atoms with Gasteiger partial charge in [-0.15, -0.1) is 0 Å². The molecule has 1 atom stereocenters. The number of piperidine rings is 1. The number of aliphatic hydroxyl groups is 1. The van der Waals surface area contributed by atoms with Crippen molar-refractivity contribution in [1.29, 1.82) is 0 Å². The highest BCUT2D eigenvalue weighted by Gasteiger charge is 2.25. The third kappa shape index (κ3) is 2.93. The summed E-state index contributed by atoms with van der Waals surface area (Å²) >= 11 is 0. The predicted octanol–water partition coefficient (Wildman–Crippen LogP) is 2.22. The van der Waals surface area contributed by atoms with Gasteiger partial charge in [0.25, 0.3) is 0 Å². The number of hydrogen-bond donors (Lipinski definition) is 1. The molecule has 0 aliphatic carbocycles. The van der Waals surface area contributed by atoms with Crippen molar-refractivity contribution in [2.45, 2.75) is 38.6 Å². The lowest BCUT2D eigenvalue weighted by Gasteiger charge is -2.37. The quantitative estimate of drug-likeness (QED) is 0.870. The van der Waals surface area contributed by atoms with Gasteiger partial charge in [0, 0.05) is 25.4 Å². The molecule has 1 aliphatic heterocycles. The first kappa shape index (κ1) is 13.1. The first-order chi connectivity index (χ1) is 8.86. The number of rotatable bonds is 5. The van der Waals surface area contributed by atoms with E-state index in [9.17, 15) is 5.11 Å². The maximum absolute atomic E-state index is 9.18. The molecule has 0 aromatic carbocycles. The molecule has 0 radical (unpaired) electrons. The van der Waals surface area contributed by atoms with Crippen LogP contribution in [0.3, 0.4) is 0 Å². The normalized spacial score (nSPS) is 19.9. The van der Waals surface area contributed by atoms with Gasteiger partial charge in [0.05, 0.1) is 6.61 Å². The van der Waals surface area contributed by atoms with Gasteiger partial charge in [-0.05, 0) is 44.7 Å². The Kier molecular flexibility index (Phi) is 4.81. The second-order valence-electron chi connectivity index (χ2n) is 4.61. The molecule has 0 amide bonds. The summed E-state index contributed by atoms with van der Waals surface area (Å²) in [6, 6.07) is 4.26. The molecule has 2 heterocycles. The Labute approximate surface area is 109 Å². The molecule has 4 nitrogen and oxygen atoms in total. The minimum Gasteiger partial charge on any atom is -0.490 e. The van der Waals surface area contributed by atoms with Crippen LogP contribution in [0.15, 0.2) is 18.3 Å². The van der Waals surface area contributed by atoms with Crippen LogP contribution in [0.1, 0.15) is 32.6 Å². The van der Waals surface area contributed by atoms with Crippen LogP contribution in [0.2, 0.25) is 0 Å². The number of nitrogens with zero attached hydrogens (tertiary/aromatic N) is 2. The van der Waals surface area contributed by atoms with Crippen molar-refractivity contribution in [3.05, 3.63) is 18.3 Å². The van der Waals surface area contributed by atoms with Crippen LogP contribution >= 0.6 is 0 Å². The fraction of sp³-hybridized carbons (Fsp3) is 0.643. The van der Waals surface area contributed by atoms with E-state index >= 15 is 0 Å². The molecular weight excluding hydrogens is 228 g/mol. The van der Waals surface area contributed by atoms with Crippen molar-refractivity contribution < 1.29 is 9.84 Å². The summed E-state index contributed by atoms with van der Waals surface area (Å²) in [7, 11) is 0. The zero-order chi connectivity index (χ0) is 12.8. The van der Waals surface area contributed by atoms with Crippen LogP contribution in [0.25, 0.3) is 0 Å². The summed E-state index contributed by atoms with van der Waals surface area (Å²) in [6.07, 6.45) is 6.16. The Bertz CT molecular complexity index is 369. The average molecular weight is 250 g/mol. The molecule has 0 spiro atoms. The van der Waals surface area contributed by atoms with E-state index in [4.69, 9.17) is 4.74 Å². The Morgan fingerprint density at radius 2 is 2.39 bits per heavy atom. The van der Waals surface area contributed by atoms with E-state index in [1.54, 1.807) is 0 Å². The number of aliphatic hydroxyl groups excluding tert-OH is 1. The second-order valence-corrected chi connectivity index (χ2v) is 4.61. The number of anilines is 1. The topological polar surface area (TPSA) is 45.6 Å². The van der Waals surface area contributed by atoms with Crippen LogP contribution in [-0.4, -0.2) is 35.9 Å². The van der Waals surface area contributed by atoms with Gasteiger partial charge >= 0.3 is 0 Å². The first-order valence-electron chi connectivity index (χ1n) is 6.82. The molecule has 1 fully saturated rings. The Hall–Kier alpha value is -1.29. The lowest BCUT2D eigenvalue weighted by molar-refractivity contribution is 0.261. The molecule has 100 valence electrons. The molecule has 18 heavy (non-hydrogen) atoms. The molecule has 0 bridgehead atoms. The molecule has 1 aromatic rings. The summed E-state index contributed by atoms with van der Waals surface area (Å²) in [6.45, 7) is 3.87. The second kappa shape index (κ2) is 6.59. The lowest BCUT2D eigenvalue weighted by atomic mass is 9.99. The van der Waals surface area contributed by atoms with Gasteiger partial charge in [-0.2, -0.15) is 0 Å². The van der Waals surface area contributed by atoms with Crippen LogP contribution < -0.4 is 9.64 Å².